The molecule has 1 aromatic rings. The van der Waals surface area contributed by atoms with Gasteiger partial charge >= 0.3 is 0 Å². The maximum absolute atomic E-state index is 9.87. The van der Waals surface area contributed by atoms with Gasteiger partial charge in [0.2, 0.25) is 0 Å². The highest BCUT2D eigenvalue weighted by molar-refractivity contribution is 6.42. The van der Waals surface area contributed by atoms with E-state index in [2.05, 4.69) is 11.4 Å². The molecular formula is C16H21Cl2NO. The van der Waals surface area contributed by atoms with Crippen LogP contribution in [0.4, 0.5) is 0 Å². The zero-order chi connectivity index (χ0) is 14.2. The first kappa shape index (κ1) is 14.6. The summed E-state index contributed by atoms with van der Waals surface area (Å²) in [6.45, 7) is 2.16. The average Bonchev–Trinajstić information content (AvgIpc) is 2.98. The van der Waals surface area contributed by atoms with E-state index in [-0.39, 0.29) is 11.5 Å². The Morgan fingerprint density at radius 1 is 1.10 bits per heavy atom. The van der Waals surface area contributed by atoms with Gasteiger partial charge in [-0.3, -0.25) is 0 Å². The summed E-state index contributed by atoms with van der Waals surface area (Å²) in [5, 5.41) is 14.6. The fourth-order valence-corrected chi connectivity index (χ4v) is 4.28. The van der Waals surface area contributed by atoms with Gasteiger partial charge in [0, 0.05) is 0 Å². The van der Waals surface area contributed by atoms with E-state index in [1.54, 1.807) is 0 Å². The monoisotopic (exact) mass is 313 g/mol. The summed E-state index contributed by atoms with van der Waals surface area (Å²) in [4.78, 5) is 0. The summed E-state index contributed by atoms with van der Waals surface area (Å²) >= 11 is 12.3. The highest BCUT2D eigenvalue weighted by Gasteiger charge is 2.43. The smallest absolute Gasteiger partial charge is 0.0595 e. The summed E-state index contributed by atoms with van der Waals surface area (Å²) in [6, 6.07) is 6.08. The Balaban J connectivity index is 1.97. The minimum Gasteiger partial charge on any atom is -0.393 e. The highest BCUT2D eigenvalue weighted by Crippen LogP contribution is 2.48. The van der Waals surface area contributed by atoms with Gasteiger partial charge in [-0.2, -0.15) is 0 Å². The number of rotatable bonds is 2. The minimum absolute atomic E-state index is 0.139. The predicted octanol–water partition coefficient (Wildman–Crippen LogP) is 3.78. The zero-order valence-electron chi connectivity index (χ0n) is 11.5. The number of aliphatic hydroxyl groups is 1. The van der Waals surface area contributed by atoms with Crippen molar-refractivity contribution in [2.45, 2.75) is 43.6 Å². The van der Waals surface area contributed by atoms with Crippen LogP contribution in [0, 0.1) is 5.92 Å². The summed E-state index contributed by atoms with van der Waals surface area (Å²) in [5.74, 6) is 0.632. The van der Waals surface area contributed by atoms with E-state index in [0.717, 1.165) is 38.8 Å². The van der Waals surface area contributed by atoms with Gasteiger partial charge in [0.15, 0.2) is 0 Å². The molecule has 0 radical (unpaired) electrons. The molecule has 1 aliphatic heterocycles. The second kappa shape index (κ2) is 5.84. The van der Waals surface area contributed by atoms with Gasteiger partial charge < -0.3 is 10.4 Å². The number of hydrogen-bond acceptors (Lipinski definition) is 2. The van der Waals surface area contributed by atoms with Crippen LogP contribution in [0.3, 0.4) is 0 Å². The second-order valence-electron chi connectivity index (χ2n) is 6.21. The number of hydrogen-bond donors (Lipinski definition) is 2. The lowest BCUT2D eigenvalue weighted by Gasteiger charge is -2.44. The molecule has 0 unspecified atom stereocenters. The fraction of sp³-hybridized carbons (Fsp3) is 0.625. The van der Waals surface area contributed by atoms with E-state index < -0.39 is 0 Å². The third-order valence-corrected chi connectivity index (χ3v) is 5.92. The van der Waals surface area contributed by atoms with E-state index in [1.807, 2.05) is 12.1 Å². The molecule has 20 heavy (non-hydrogen) atoms. The molecule has 2 nitrogen and oxygen atoms in total. The quantitative estimate of drug-likeness (QED) is 0.871. The number of benzene rings is 1. The summed E-state index contributed by atoms with van der Waals surface area (Å²) in [6.07, 6.45) is 4.92. The SMILES string of the molecule is O[C@H]1CC[C@](c2ccc(Cl)c(Cl)c2)([C@H]2CCNC2)CC1. The summed E-state index contributed by atoms with van der Waals surface area (Å²) in [5.41, 5.74) is 1.45. The molecule has 0 spiro atoms. The molecule has 1 atom stereocenters. The topological polar surface area (TPSA) is 32.3 Å². The molecule has 2 fully saturated rings. The van der Waals surface area contributed by atoms with Crippen molar-refractivity contribution < 1.29 is 5.11 Å². The van der Waals surface area contributed by atoms with Crippen LogP contribution in [0.1, 0.15) is 37.7 Å². The van der Waals surface area contributed by atoms with E-state index in [9.17, 15) is 5.11 Å². The average molecular weight is 314 g/mol. The van der Waals surface area contributed by atoms with E-state index in [1.165, 1.54) is 12.0 Å². The van der Waals surface area contributed by atoms with Crippen LogP contribution in [0.2, 0.25) is 10.0 Å². The van der Waals surface area contributed by atoms with Gasteiger partial charge in [-0.25, -0.2) is 0 Å². The highest BCUT2D eigenvalue weighted by atomic mass is 35.5. The van der Waals surface area contributed by atoms with Crippen LogP contribution in [0.25, 0.3) is 0 Å². The van der Waals surface area contributed by atoms with Crippen molar-refractivity contribution in [2.24, 2.45) is 5.92 Å². The third kappa shape index (κ3) is 2.59. The van der Waals surface area contributed by atoms with Crippen LogP contribution in [-0.2, 0) is 5.41 Å². The van der Waals surface area contributed by atoms with Crippen LogP contribution in [0.15, 0.2) is 18.2 Å². The number of aliphatic hydroxyl groups excluding tert-OH is 1. The van der Waals surface area contributed by atoms with Crippen molar-refractivity contribution in [3.63, 3.8) is 0 Å². The molecule has 3 rings (SSSR count). The first-order valence-electron chi connectivity index (χ1n) is 7.46. The van der Waals surface area contributed by atoms with Crippen molar-refractivity contribution in [2.75, 3.05) is 13.1 Å². The van der Waals surface area contributed by atoms with E-state index in [0.29, 0.717) is 16.0 Å². The zero-order valence-corrected chi connectivity index (χ0v) is 13.1. The van der Waals surface area contributed by atoms with Crippen molar-refractivity contribution in [3.8, 4) is 0 Å². The molecule has 1 aromatic carbocycles. The Hall–Kier alpha value is -0.280. The lowest BCUT2D eigenvalue weighted by atomic mass is 9.61. The molecule has 2 N–H and O–H groups in total. The lowest BCUT2D eigenvalue weighted by Crippen LogP contribution is -2.41. The molecule has 1 saturated carbocycles. The van der Waals surface area contributed by atoms with E-state index >= 15 is 0 Å². The molecule has 1 saturated heterocycles. The lowest BCUT2D eigenvalue weighted by molar-refractivity contribution is 0.0745. The summed E-state index contributed by atoms with van der Waals surface area (Å²) in [7, 11) is 0. The Kier molecular flexibility index (Phi) is 4.28. The molecule has 0 amide bonds. The largest absolute Gasteiger partial charge is 0.393 e. The van der Waals surface area contributed by atoms with Gasteiger partial charge in [0.25, 0.3) is 0 Å². The van der Waals surface area contributed by atoms with Gasteiger partial charge in [-0.1, -0.05) is 29.3 Å². The number of halogens is 2. The maximum atomic E-state index is 9.87. The molecule has 0 bridgehead atoms. The number of nitrogens with one attached hydrogen (secondary N) is 1. The van der Waals surface area contributed by atoms with Crippen LogP contribution < -0.4 is 5.32 Å². The van der Waals surface area contributed by atoms with Crippen molar-refractivity contribution in [3.05, 3.63) is 33.8 Å². The molecule has 4 heteroatoms. The van der Waals surface area contributed by atoms with Crippen LogP contribution in [0.5, 0.6) is 0 Å². The molecule has 0 aromatic heterocycles. The summed E-state index contributed by atoms with van der Waals surface area (Å²) < 4.78 is 0. The molecule has 1 heterocycles. The van der Waals surface area contributed by atoms with Crippen molar-refractivity contribution >= 4 is 23.2 Å². The minimum atomic E-state index is -0.139. The van der Waals surface area contributed by atoms with Crippen LogP contribution >= 0.6 is 23.2 Å². The maximum Gasteiger partial charge on any atom is 0.0595 e. The Bertz CT molecular complexity index is 477. The second-order valence-corrected chi connectivity index (χ2v) is 7.02. The molecule has 1 aliphatic carbocycles. The predicted molar refractivity (Wildman–Crippen MR) is 83.6 cm³/mol. The molecule has 2 aliphatic rings. The first-order chi connectivity index (χ1) is 9.62. The van der Waals surface area contributed by atoms with Crippen LogP contribution in [-0.4, -0.2) is 24.3 Å². The Labute approximate surface area is 130 Å². The standard InChI is InChI=1S/C16H21Cl2NO/c17-14-2-1-11(9-15(14)18)16(12-5-8-19-10-12)6-3-13(20)4-7-16/h1-2,9,12-13,19-20H,3-8,10H2/t12-,13-,16-/m0/s1. The first-order valence-corrected chi connectivity index (χ1v) is 8.22. The molecular weight excluding hydrogens is 293 g/mol. The van der Waals surface area contributed by atoms with E-state index in [4.69, 9.17) is 23.2 Å². The van der Waals surface area contributed by atoms with Crippen molar-refractivity contribution in [1.82, 2.24) is 5.32 Å². The Morgan fingerprint density at radius 3 is 2.45 bits per heavy atom. The Morgan fingerprint density at radius 2 is 1.85 bits per heavy atom. The van der Waals surface area contributed by atoms with Gasteiger partial charge in [0.1, 0.15) is 0 Å². The fourth-order valence-electron chi connectivity index (χ4n) is 3.98. The van der Waals surface area contributed by atoms with Gasteiger partial charge in [-0.05, 0) is 74.2 Å². The van der Waals surface area contributed by atoms with Gasteiger partial charge in [-0.15, -0.1) is 0 Å². The normalized spacial score (nSPS) is 34.4. The van der Waals surface area contributed by atoms with Gasteiger partial charge in [0.05, 0.1) is 16.1 Å². The molecule has 110 valence electrons. The van der Waals surface area contributed by atoms with Crippen molar-refractivity contribution in [1.29, 1.82) is 0 Å². The third-order valence-electron chi connectivity index (χ3n) is 5.18.